The standard InChI is InChI=1S/C14H11NO2/c1-17-13-7-6-12-10(14(13)16)8-9-4-2-3-5-11(9)15-12/h2-8,15H,1H3. The fourth-order valence-electron chi connectivity index (χ4n) is 2.03. The molecule has 0 aromatic heterocycles. The van der Waals surface area contributed by atoms with Gasteiger partial charge in [0, 0.05) is 11.1 Å². The van der Waals surface area contributed by atoms with Crippen molar-refractivity contribution < 1.29 is 4.74 Å². The number of ether oxygens (including phenoxy) is 1. The van der Waals surface area contributed by atoms with Crippen LogP contribution in [-0.4, -0.2) is 12.1 Å². The second-order valence-corrected chi connectivity index (χ2v) is 3.91. The van der Waals surface area contributed by atoms with Crippen LogP contribution in [0.3, 0.4) is 0 Å². The molecule has 0 bridgehead atoms. The first kappa shape index (κ1) is 9.90. The first-order valence-corrected chi connectivity index (χ1v) is 5.38. The maximum Gasteiger partial charge on any atom is 0.229 e. The van der Waals surface area contributed by atoms with E-state index in [4.69, 9.17) is 4.74 Å². The Labute approximate surface area is 98.0 Å². The van der Waals surface area contributed by atoms with E-state index >= 15 is 0 Å². The zero-order valence-corrected chi connectivity index (χ0v) is 9.36. The summed E-state index contributed by atoms with van der Waals surface area (Å²) in [6, 6.07) is 13.3. The van der Waals surface area contributed by atoms with Crippen LogP contribution in [0.15, 0.2) is 47.3 Å². The van der Waals surface area contributed by atoms with Gasteiger partial charge < -0.3 is 9.72 Å². The number of H-pyrrole nitrogens is 1. The van der Waals surface area contributed by atoms with Crippen molar-refractivity contribution in [3.63, 3.8) is 0 Å². The summed E-state index contributed by atoms with van der Waals surface area (Å²) in [7, 11) is 1.51. The number of hydrogen-bond acceptors (Lipinski definition) is 2. The van der Waals surface area contributed by atoms with Crippen molar-refractivity contribution in [2.24, 2.45) is 0 Å². The summed E-state index contributed by atoms with van der Waals surface area (Å²) in [5.41, 5.74) is 2.43. The van der Waals surface area contributed by atoms with E-state index in [1.54, 1.807) is 6.07 Å². The lowest BCUT2D eigenvalue weighted by Crippen LogP contribution is -2.09. The molecule has 0 fully saturated rings. The zero-order chi connectivity index (χ0) is 11.8. The van der Waals surface area contributed by atoms with E-state index < -0.39 is 0 Å². The average Bonchev–Trinajstić information content (AvgIpc) is 2.37. The molecule has 0 radical (unpaired) electrons. The Bertz CT molecular complexity index is 715. The Balaban J connectivity index is 2.45. The third-order valence-electron chi connectivity index (χ3n) is 2.91. The van der Waals surface area contributed by atoms with Crippen LogP contribution >= 0.6 is 0 Å². The minimum Gasteiger partial charge on any atom is -0.493 e. The Morgan fingerprint density at radius 3 is 2.76 bits per heavy atom. The predicted octanol–water partition coefficient (Wildman–Crippen LogP) is 2.64. The Morgan fingerprint density at radius 1 is 1.12 bits per heavy atom. The molecule has 17 heavy (non-hydrogen) atoms. The molecule has 0 unspecified atom stereocenters. The quantitative estimate of drug-likeness (QED) is 0.647. The van der Waals surface area contributed by atoms with Gasteiger partial charge in [0.2, 0.25) is 5.43 Å². The molecule has 0 saturated carbocycles. The van der Waals surface area contributed by atoms with E-state index in [1.807, 2.05) is 36.4 Å². The number of para-hydroxylation sites is 1. The molecule has 3 heteroatoms. The minimum atomic E-state index is -0.0768. The van der Waals surface area contributed by atoms with Crippen LogP contribution in [-0.2, 0) is 0 Å². The number of aromatic amines is 1. The van der Waals surface area contributed by atoms with Crippen molar-refractivity contribution in [1.82, 2.24) is 4.98 Å². The number of fused-ring (bicyclic) bond motifs is 2. The van der Waals surface area contributed by atoms with Crippen molar-refractivity contribution in [2.75, 3.05) is 7.11 Å². The van der Waals surface area contributed by atoms with Gasteiger partial charge in [-0.25, -0.2) is 0 Å². The molecular weight excluding hydrogens is 214 g/mol. The van der Waals surface area contributed by atoms with Crippen LogP contribution in [0.2, 0.25) is 0 Å². The summed E-state index contributed by atoms with van der Waals surface area (Å²) in [6.45, 7) is 0. The first-order valence-electron chi connectivity index (χ1n) is 5.38. The Kier molecular flexibility index (Phi) is 2.11. The van der Waals surface area contributed by atoms with Crippen molar-refractivity contribution in [1.29, 1.82) is 0 Å². The largest absolute Gasteiger partial charge is 0.493 e. The van der Waals surface area contributed by atoms with Crippen molar-refractivity contribution >= 4 is 10.9 Å². The molecule has 1 aromatic carbocycles. The molecule has 0 amide bonds. The lowest BCUT2D eigenvalue weighted by molar-refractivity contribution is 0.411. The van der Waals surface area contributed by atoms with E-state index in [0.717, 1.165) is 16.6 Å². The van der Waals surface area contributed by atoms with E-state index in [-0.39, 0.29) is 5.43 Å². The normalized spacial score (nSPS) is 10.9. The highest BCUT2D eigenvalue weighted by Gasteiger charge is 2.11. The summed E-state index contributed by atoms with van der Waals surface area (Å²) < 4.78 is 5.04. The maximum atomic E-state index is 12.1. The van der Waals surface area contributed by atoms with E-state index in [2.05, 4.69) is 4.98 Å². The first-order chi connectivity index (χ1) is 8.29. The molecule has 3 rings (SSSR count). The fourth-order valence-corrected chi connectivity index (χ4v) is 2.03. The number of methoxy groups -OCH3 is 1. The fraction of sp³-hybridized carbons (Fsp3) is 0.0714. The smallest absolute Gasteiger partial charge is 0.229 e. The number of aromatic nitrogens is 1. The molecule has 0 atom stereocenters. The lowest BCUT2D eigenvalue weighted by Gasteiger charge is -2.09. The topological polar surface area (TPSA) is 42.1 Å². The summed E-state index contributed by atoms with van der Waals surface area (Å²) in [5, 5.41) is 1.02. The highest BCUT2D eigenvalue weighted by Crippen LogP contribution is 2.23. The van der Waals surface area contributed by atoms with Crippen LogP contribution in [0.25, 0.3) is 22.2 Å². The number of hydrogen-bond donors (Lipinski definition) is 1. The predicted molar refractivity (Wildman–Crippen MR) is 67.7 cm³/mol. The molecule has 1 aliphatic carbocycles. The molecule has 2 aliphatic rings. The van der Waals surface area contributed by atoms with Crippen molar-refractivity contribution in [2.45, 2.75) is 0 Å². The van der Waals surface area contributed by atoms with Crippen LogP contribution in [0.1, 0.15) is 0 Å². The number of rotatable bonds is 1. The van der Waals surface area contributed by atoms with Crippen LogP contribution in [0.5, 0.6) is 5.75 Å². The second-order valence-electron chi connectivity index (χ2n) is 3.91. The molecule has 3 nitrogen and oxygen atoms in total. The minimum absolute atomic E-state index is 0.0768. The van der Waals surface area contributed by atoms with E-state index in [1.165, 1.54) is 7.11 Å². The molecule has 84 valence electrons. The van der Waals surface area contributed by atoms with Gasteiger partial charge in [0.15, 0.2) is 5.75 Å². The molecule has 0 saturated heterocycles. The van der Waals surface area contributed by atoms with Crippen molar-refractivity contribution in [3.8, 4) is 17.0 Å². The number of nitrogens with one attached hydrogen (secondary N) is 1. The molecule has 1 aliphatic heterocycles. The lowest BCUT2D eigenvalue weighted by atomic mass is 10.1. The van der Waals surface area contributed by atoms with Gasteiger partial charge in [-0.3, -0.25) is 4.79 Å². The highest BCUT2D eigenvalue weighted by atomic mass is 16.5. The van der Waals surface area contributed by atoms with E-state index in [9.17, 15) is 4.79 Å². The third kappa shape index (κ3) is 1.47. The number of pyridine rings is 1. The Hall–Kier alpha value is -2.29. The van der Waals surface area contributed by atoms with Gasteiger partial charge in [-0.15, -0.1) is 0 Å². The van der Waals surface area contributed by atoms with Crippen LogP contribution in [0.4, 0.5) is 0 Å². The molecular formula is C14H11NO2. The maximum absolute atomic E-state index is 12.1. The summed E-state index contributed by atoms with van der Waals surface area (Å²) in [4.78, 5) is 15.3. The summed E-state index contributed by atoms with van der Waals surface area (Å²) in [6.07, 6.45) is 0. The Morgan fingerprint density at radius 2 is 1.94 bits per heavy atom. The highest BCUT2D eigenvalue weighted by molar-refractivity contribution is 5.85. The summed E-state index contributed by atoms with van der Waals surface area (Å²) in [5.74, 6) is 0.376. The summed E-state index contributed by atoms with van der Waals surface area (Å²) >= 11 is 0. The van der Waals surface area contributed by atoms with Crippen molar-refractivity contribution in [3.05, 3.63) is 52.7 Å². The van der Waals surface area contributed by atoms with Gasteiger partial charge in [-0.05, 0) is 29.7 Å². The molecule has 0 spiro atoms. The van der Waals surface area contributed by atoms with Gasteiger partial charge in [-0.2, -0.15) is 0 Å². The molecule has 1 aromatic rings. The molecule has 1 N–H and O–H groups in total. The molecule has 1 heterocycles. The van der Waals surface area contributed by atoms with Gasteiger partial charge in [0.25, 0.3) is 0 Å². The van der Waals surface area contributed by atoms with Crippen LogP contribution in [0, 0.1) is 0 Å². The zero-order valence-electron chi connectivity index (χ0n) is 9.36. The van der Waals surface area contributed by atoms with E-state index in [0.29, 0.717) is 11.3 Å². The van der Waals surface area contributed by atoms with Gasteiger partial charge >= 0.3 is 0 Å². The number of benzene rings is 2. The SMILES string of the molecule is COc1ccc2[nH]c3ccccc3cc-2c1=O. The van der Waals surface area contributed by atoms with Gasteiger partial charge in [-0.1, -0.05) is 18.2 Å². The van der Waals surface area contributed by atoms with Gasteiger partial charge in [0.1, 0.15) is 0 Å². The van der Waals surface area contributed by atoms with Gasteiger partial charge in [0.05, 0.1) is 12.8 Å². The third-order valence-corrected chi connectivity index (χ3v) is 2.91. The average molecular weight is 225 g/mol. The van der Waals surface area contributed by atoms with Crippen LogP contribution < -0.4 is 10.2 Å². The second kappa shape index (κ2) is 3.63. The monoisotopic (exact) mass is 225 g/mol.